The summed E-state index contributed by atoms with van der Waals surface area (Å²) in [5.74, 6) is -0.0998. The molecule has 8 nitrogen and oxygen atoms in total. The number of carbonyl (C=O) groups is 1. The van der Waals surface area contributed by atoms with E-state index in [9.17, 15) is 14.9 Å². The summed E-state index contributed by atoms with van der Waals surface area (Å²) in [7, 11) is 0. The topological polar surface area (TPSA) is 92.2 Å². The maximum absolute atomic E-state index is 12.8. The number of aryl methyl sites for hydroxylation is 2. The second-order valence-corrected chi connectivity index (χ2v) is 6.89. The molecule has 0 amide bonds. The van der Waals surface area contributed by atoms with Crippen LogP contribution >= 0.6 is 0 Å². The van der Waals surface area contributed by atoms with Crippen LogP contribution in [0, 0.1) is 37.8 Å². The molecule has 0 spiro atoms. The van der Waals surface area contributed by atoms with Gasteiger partial charge in [-0.25, -0.2) is 0 Å². The van der Waals surface area contributed by atoms with E-state index in [1.165, 1.54) is 4.68 Å². The average Bonchev–Trinajstić information content (AvgIpc) is 3.24. The molecule has 0 radical (unpaired) electrons. The van der Waals surface area contributed by atoms with Gasteiger partial charge in [-0.1, -0.05) is 0 Å². The molecule has 140 valence electrons. The molecule has 1 aliphatic rings. The van der Waals surface area contributed by atoms with Crippen LogP contribution in [0.3, 0.4) is 0 Å². The molecule has 1 fully saturated rings. The Hall–Kier alpha value is -2.48. The molecule has 0 N–H and O–H groups in total. The van der Waals surface area contributed by atoms with E-state index in [4.69, 9.17) is 4.74 Å². The molecular weight excluding hydrogens is 336 g/mol. The molecule has 8 heteroatoms. The molecule has 0 aliphatic carbocycles. The lowest BCUT2D eigenvalue weighted by Gasteiger charge is -2.14. The molecule has 2 aromatic rings. The van der Waals surface area contributed by atoms with Crippen LogP contribution < -0.4 is 0 Å². The van der Waals surface area contributed by atoms with Gasteiger partial charge in [0.1, 0.15) is 17.9 Å². The lowest BCUT2D eigenvalue weighted by molar-refractivity contribution is -0.386. The molecular formula is C18H24N4O4. The summed E-state index contributed by atoms with van der Waals surface area (Å²) in [6.07, 6.45) is 2.31. The van der Waals surface area contributed by atoms with Gasteiger partial charge in [-0.2, -0.15) is 5.10 Å². The van der Waals surface area contributed by atoms with Crippen molar-refractivity contribution < 1.29 is 14.5 Å². The Morgan fingerprint density at radius 3 is 2.65 bits per heavy atom. The van der Waals surface area contributed by atoms with Crippen molar-refractivity contribution in [2.24, 2.45) is 0 Å². The number of ketones is 1. The molecule has 1 unspecified atom stereocenters. The minimum Gasteiger partial charge on any atom is -0.376 e. The summed E-state index contributed by atoms with van der Waals surface area (Å²) in [6.45, 7) is 8.64. The first-order valence-electron chi connectivity index (χ1n) is 8.79. The van der Waals surface area contributed by atoms with Crippen LogP contribution in [0.5, 0.6) is 0 Å². The van der Waals surface area contributed by atoms with Gasteiger partial charge in [-0.05, 0) is 46.6 Å². The van der Waals surface area contributed by atoms with Gasteiger partial charge in [-0.3, -0.25) is 19.6 Å². The number of aromatic nitrogens is 3. The zero-order chi connectivity index (χ0) is 19.0. The molecule has 3 rings (SSSR count). The van der Waals surface area contributed by atoms with Gasteiger partial charge in [0, 0.05) is 30.1 Å². The zero-order valence-electron chi connectivity index (χ0n) is 15.6. The van der Waals surface area contributed by atoms with Crippen molar-refractivity contribution in [1.82, 2.24) is 14.3 Å². The molecule has 0 bridgehead atoms. The van der Waals surface area contributed by atoms with E-state index in [0.717, 1.165) is 37.4 Å². The number of nitrogens with zero attached hydrogens (tertiary/aromatic N) is 4. The smallest absolute Gasteiger partial charge is 0.312 e. The van der Waals surface area contributed by atoms with Crippen molar-refractivity contribution in [1.29, 1.82) is 0 Å². The molecule has 2 aromatic heterocycles. The Morgan fingerprint density at radius 1 is 1.35 bits per heavy atom. The fraction of sp³-hybridized carbons (Fsp3) is 0.556. The van der Waals surface area contributed by atoms with E-state index >= 15 is 0 Å². The number of nitro groups is 1. The van der Waals surface area contributed by atoms with Gasteiger partial charge in [0.2, 0.25) is 0 Å². The third kappa shape index (κ3) is 3.29. The van der Waals surface area contributed by atoms with Crippen LogP contribution in [0.15, 0.2) is 6.07 Å². The third-order valence-corrected chi connectivity index (χ3v) is 5.10. The maximum atomic E-state index is 12.8. The number of hydrogen-bond acceptors (Lipinski definition) is 5. The lowest BCUT2D eigenvalue weighted by atomic mass is 10.1. The Balaban J connectivity index is 1.82. The van der Waals surface area contributed by atoms with Crippen LogP contribution in [-0.2, 0) is 17.8 Å². The largest absolute Gasteiger partial charge is 0.376 e. The van der Waals surface area contributed by atoms with Crippen molar-refractivity contribution in [3.63, 3.8) is 0 Å². The predicted molar refractivity (Wildman–Crippen MR) is 95.6 cm³/mol. The Labute approximate surface area is 151 Å². The highest BCUT2D eigenvalue weighted by atomic mass is 16.6. The number of hydrogen-bond donors (Lipinski definition) is 0. The highest BCUT2D eigenvalue weighted by Gasteiger charge is 2.25. The van der Waals surface area contributed by atoms with Crippen LogP contribution in [0.2, 0.25) is 0 Å². The zero-order valence-corrected chi connectivity index (χ0v) is 15.6. The summed E-state index contributed by atoms with van der Waals surface area (Å²) in [4.78, 5) is 23.5. The van der Waals surface area contributed by atoms with E-state index in [1.807, 2.05) is 19.9 Å². The summed E-state index contributed by atoms with van der Waals surface area (Å²) < 4.78 is 9.24. The molecule has 1 aliphatic heterocycles. The van der Waals surface area contributed by atoms with Crippen molar-refractivity contribution >= 4 is 11.5 Å². The SMILES string of the molecule is Cc1nn(CC(=O)c2cc(C)n(CC3CCCO3)c2C)c(C)c1[N+](=O)[O-]. The number of rotatable bonds is 6. The summed E-state index contributed by atoms with van der Waals surface area (Å²) in [5.41, 5.74) is 3.25. The number of carbonyl (C=O) groups excluding carboxylic acids is 1. The van der Waals surface area contributed by atoms with E-state index in [-0.39, 0.29) is 24.1 Å². The average molecular weight is 360 g/mol. The first-order valence-corrected chi connectivity index (χ1v) is 8.79. The van der Waals surface area contributed by atoms with Crippen molar-refractivity contribution in [2.45, 2.75) is 59.7 Å². The van der Waals surface area contributed by atoms with E-state index < -0.39 is 4.92 Å². The van der Waals surface area contributed by atoms with Gasteiger partial charge in [-0.15, -0.1) is 0 Å². The minimum absolute atomic E-state index is 0.00919. The Kier molecular flexibility index (Phi) is 4.95. The van der Waals surface area contributed by atoms with Gasteiger partial charge < -0.3 is 9.30 Å². The molecule has 0 saturated carbocycles. The van der Waals surface area contributed by atoms with E-state index in [2.05, 4.69) is 9.67 Å². The lowest BCUT2D eigenvalue weighted by Crippen LogP contribution is -2.18. The predicted octanol–water partition coefficient (Wildman–Crippen LogP) is 2.89. The Bertz CT molecular complexity index is 859. The minimum atomic E-state index is -0.452. The summed E-state index contributed by atoms with van der Waals surface area (Å²) in [5, 5.41) is 15.3. The molecule has 3 heterocycles. The van der Waals surface area contributed by atoms with E-state index in [0.29, 0.717) is 17.0 Å². The third-order valence-electron chi connectivity index (χ3n) is 5.10. The monoisotopic (exact) mass is 360 g/mol. The van der Waals surface area contributed by atoms with Gasteiger partial charge in [0.05, 0.1) is 11.0 Å². The second kappa shape index (κ2) is 7.03. The van der Waals surface area contributed by atoms with Crippen molar-refractivity contribution in [2.75, 3.05) is 6.61 Å². The highest BCUT2D eigenvalue weighted by molar-refractivity contribution is 5.97. The first-order chi connectivity index (χ1) is 12.3. The molecule has 26 heavy (non-hydrogen) atoms. The first kappa shape index (κ1) is 18.3. The fourth-order valence-corrected chi connectivity index (χ4v) is 3.68. The van der Waals surface area contributed by atoms with Crippen LogP contribution in [0.4, 0.5) is 5.69 Å². The van der Waals surface area contributed by atoms with Gasteiger partial charge >= 0.3 is 5.69 Å². The maximum Gasteiger partial charge on any atom is 0.312 e. The van der Waals surface area contributed by atoms with Crippen molar-refractivity contribution in [3.8, 4) is 0 Å². The number of ether oxygens (including phenoxy) is 1. The highest BCUT2D eigenvalue weighted by Crippen LogP contribution is 2.24. The standard InChI is InChI=1S/C18H24N4O4/c1-11-8-16(13(3)20(11)9-15-6-5-7-26-15)17(23)10-21-14(4)18(22(24)25)12(2)19-21/h8,15H,5-7,9-10H2,1-4H3. The molecule has 1 saturated heterocycles. The van der Waals surface area contributed by atoms with Crippen LogP contribution in [0.25, 0.3) is 0 Å². The molecule has 1 atom stereocenters. The molecule has 0 aromatic carbocycles. The van der Waals surface area contributed by atoms with Crippen molar-refractivity contribution in [3.05, 3.63) is 44.5 Å². The Morgan fingerprint density at radius 2 is 2.08 bits per heavy atom. The summed E-state index contributed by atoms with van der Waals surface area (Å²) >= 11 is 0. The second-order valence-electron chi connectivity index (χ2n) is 6.89. The quantitative estimate of drug-likeness (QED) is 0.449. The van der Waals surface area contributed by atoms with E-state index in [1.54, 1.807) is 13.8 Å². The number of Topliss-reactive ketones (excluding diaryl/α,β-unsaturated/α-hetero) is 1. The van der Waals surface area contributed by atoms with Gasteiger partial charge in [0.25, 0.3) is 0 Å². The fourth-order valence-electron chi connectivity index (χ4n) is 3.68. The summed E-state index contributed by atoms with van der Waals surface area (Å²) in [6, 6.07) is 1.88. The normalized spacial score (nSPS) is 17.0. The van der Waals surface area contributed by atoms with Crippen LogP contribution in [0.1, 0.15) is 46.0 Å². The van der Waals surface area contributed by atoms with Gasteiger partial charge in [0.15, 0.2) is 5.78 Å². The van der Waals surface area contributed by atoms with Crippen LogP contribution in [-0.4, -0.2) is 37.8 Å².